The second-order valence-electron chi connectivity index (χ2n) is 12.8. The summed E-state index contributed by atoms with van der Waals surface area (Å²) in [6.45, 7) is 0. The van der Waals surface area contributed by atoms with Gasteiger partial charge in [0.1, 0.15) is 5.69 Å². The molecule has 6 aromatic carbocycles. The van der Waals surface area contributed by atoms with Gasteiger partial charge in [-0.1, -0.05) is 47.7 Å². The van der Waals surface area contributed by atoms with Crippen LogP contribution in [0.5, 0.6) is 0 Å². The second-order valence-corrected chi connectivity index (χ2v) is 14.2. The van der Waals surface area contributed by atoms with Crippen molar-refractivity contribution in [3.8, 4) is 16.9 Å². The molecule has 0 saturated carbocycles. The van der Waals surface area contributed by atoms with E-state index in [1.54, 1.807) is 41.1 Å². The van der Waals surface area contributed by atoms with E-state index in [4.69, 9.17) is 63.2 Å². The molecule has 0 spiro atoms. The highest BCUT2D eigenvalue weighted by atomic mass is 32.2. The van der Waals surface area contributed by atoms with Gasteiger partial charge in [-0.3, -0.25) is 9.35 Å². The van der Waals surface area contributed by atoms with Gasteiger partial charge in [-0.25, -0.2) is 19.1 Å². The summed E-state index contributed by atoms with van der Waals surface area (Å²) >= 11 is 0. The molecule has 1 aromatic heterocycles. The Morgan fingerprint density at radius 1 is 0.545 bits per heavy atom. The minimum atomic E-state index is -4.08. The number of hydrogen-bond donors (Lipinski definition) is 10. The Kier molecular flexibility index (Phi) is 20.9. The van der Waals surface area contributed by atoms with Crippen molar-refractivity contribution in [1.82, 2.24) is 15.0 Å². The van der Waals surface area contributed by atoms with Crippen LogP contribution in [0.4, 0.5) is 28.4 Å². The number of carboxylic acid groups (broad SMARTS) is 4. The molecule has 0 saturated heterocycles. The predicted molar refractivity (Wildman–Crippen MR) is 242 cm³/mol. The van der Waals surface area contributed by atoms with Crippen LogP contribution in [-0.2, 0) is 30.9 Å². The molecule has 0 fully saturated rings. The van der Waals surface area contributed by atoms with Crippen molar-refractivity contribution < 1.29 is 62.2 Å². The summed E-state index contributed by atoms with van der Waals surface area (Å²) in [4.78, 5) is 57.6. The van der Waals surface area contributed by atoms with Gasteiger partial charge in [0.05, 0.1) is 39.9 Å². The maximum absolute atomic E-state index is 10.5. The highest BCUT2D eigenvalue weighted by molar-refractivity contribution is 7.85. The summed E-state index contributed by atoms with van der Waals surface area (Å²) in [5, 5.41) is 42.3. The highest BCUT2D eigenvalue weighted by Crippen LogP contribution is 2.18. The largest absolute Gasteiger partial charge is 0.481 e. The quantitative estimate of drug-likeness (QED) is 0.0709. The van der Waals surface area contributed by atoms with E-state index < -0.39 is 34.0 Å². The van der Waals surface area contributed by atoms with Crippen LogP contribution in [-0.4, -0.2) is 78.4 Å². The molecule has 0 aliphatic carbocycles. The van der Waals surface area contributed by atoms with E-state index in [0.717, 1.165) is 34.3 Å². The number of nitrogens with two attached hydrogens (primary N) is 5. The summed E-state index contributed by atoms with van der Waals surface area (Å²) in [5.41, 5.74) is 33.2. The fourth-order valence-electron chi connectivity index (χ4n) is 4.73. The van der Waals surface area contributed by atoms with Crippen molar-refractivity contribution in [2.45, 2.75) is 11.3 Å². The Labute approximate surface area is 375 Å². The van der Waals surface area contributed by atoms with Crippen LogP contribution in [0.1, 0.15) is 36.6 Å². The van der Waals surface area contributed by atoms with Crippen LogP contribution in [0.2, 0.25) is 0 Å². The van der Waals surface area contributed by atoms with Crippen LogP contribution in [0.15, 0.2) is 157 Å². The van der Waals surface area contributed by atoms with E-state index in [-0.39, 0.29) is 39.8 Å². The summed E-state index contributed by atoms with van der Waals surface area (Å²) in [6, 6.07) is 39.1. The zero-order valence-electron chi connectivity index (χ0n) is 34.3. The van der Waals surface area contributed by atoms with Gasteiger partial charge < -0.3 is 49.1 Å². The molecular formula is C44H42N8O13S. The number of carboxylic acids is 4. The predicted octanol–water partition coefficient (Wildman–Crippen LogP) is 4.98. The third-order valence-corrected chi connectivity index (χ3v) is 8.71. The lowest BCUT2D eigenvalue weighted by Crippen LogP contribution is -2.03. The number of nitrogen functional groups attached to an aromatic ring is 5. The molecule has 22 heteroatoms. The number of aromatic carboxylic acids is 3. The Balaban J connectivity index is 0.000000284. The zero-order valence-corrected chi connectivity index (χ0v) is 35.1. The number of anilines is 5. The molecule has 0 aliphatic rings. The van der Waals surface area contributed by atoms with Gasteiger partial charge in [0.2, 0.25) is 0 Å². The van der Waals surface area contributed by atoms with Gasteiger partial charge in [0.25, 0.3) is 10.1 Å². The maximum atomic E-state index is 10.5. The Morgan fingerprint density at radius 2 is 0.955 bits per heavy atom. The molecule has 0 radical (unpaired) electrons. The van der Waals surface area contributed by atoms with Gasteiger partial charge in [-0.2, -0.15) is 18.0 Å². The van der Waals surface area contributed by atoms with Gasteiger partial charge >= 0.3 is 30.0 Å². The molecule has 1 heterocycles. The molecule has 0 amide bonds. The highest BCUT2D eigenvalue weighted by Gasteiger charge is 2.10. The van der Waals surface area contributed by atoms with Crippen molar-refractivity contribution >= 4 is 68.6 Å². The monoisotopic (exact) mass is 922 g/mol. The Hall–Kier alpha value is -9.37. The summed E-state index contributed by atoms with van der Waals surface area (Å²) < 4.78 is 31.2. The Bertz CT molecular complexity index is 2790. The summed E-state index contributed by atoms with van der Waals surface area (Å²) in [7, 11) is -4.08. The molecule has 0 unspecified atom stereocenters. The van der Waals surface area contributed by atoms with Crippen molar-refractivity contribution in [3.05, 3.63) is 174 Å². The minimum absolute atomic E-state index is 0.0558. The van der Waals surface area contributed by atoms with E-state index in [2.05, 4.69) is 10.3 Å². The first-order valence-corrected chi connectivity index (χ1v) is 19.8. The van der Waals surface area contributed by atoms with E-state index in [1.165, 1.54) is 48.5 Å². The number of nitrogens with zero attached hydrogens (tertiary/aromatic N) is 3. The number of benzene rings is 6. The third-order valence-electron chi connectivity index (χ3n) is 7.84. The van der Waals surface area contributed by atoms with Gasteiger partial charge in [-0.05, 0) is 109 Å². The van der Waals surface area contributed by atoms with Gasteiger partial charge in [0, 0.05) is 34.0 Å². The number of carbonyl (C=O) groups excluding carboxylic acids is 2. The fraction of sp³-hybridized carbons (Fsp3) is 0.0227. The molecule has 0 aliphatic heterocycles. The standard InChI is InChI=1S/C14H12N4.C8H7NO4.C8H9NO2.C7H7NO2.C6H7NO3S.CO2/c15-12-6-8-13(9-7-12)18-10-14(16-17-18)11-4-2-1-3-5-11;9-6-2-4(7(10)11)1-5(3-6)8(12)13;9-7-3-1-6(2-4-7)5-8(10)11;8-6-3-1-5(2-4-6)7(9)10;7-5-1-3-6(4-2-5)11(8,9)10;2-1-3/h1-10H,15H2;1-3H,9H2,(H,10,11)(H,12,13);1-4H,5,9H2,(H,10,11);1-4H,8H2,(H,9,10);1-4H,7H2,(H,8,9,10);. The van der Waals surface area contributed by atoms with E-state index in [1.807, 2.05) is 60.8 Å². The first kappa shape index (κ1) is 52.8. The van der Waals surface area contributed by atoms with E-state index in [9.17, 15) is 27.6 Å². The van der Waals surface area contributed by atoms with Crippen LogP contribution < -0.4 is 28.7 Å². The molecule has 15 N–H and O–H groups in total. The first-order chi connectivity index (χ1) is 31.1. The molecule has 7 rings (SSSR count). The molecule has 0 atom stereocenters. The van der Waals surface area contributed by atoms with Crippen LogP contribution in [0.3, 0.4) is 0 Å². The topological polar surface area (TPSA) is 399 Å². The maximum Gasteiger partial charge on any atom is 0.373 e. The second kappa shape index (κ2) is 26.2. The lowest BCUT2D eigenvalue weighted by Gasteiger charge is -1.99. The number of aliphatic carboxylic acids is 1. The fourth-order valence-corrected chi connectivity index (χ4v) is 5.21. The third kappa shape index (κ3) is 19.6. The molecule has 0 bridgehead atoms. The Morgan fingerprint density at radius 3 is 1.36 bits per heavy atom. The lowest BCUT2D eigenvalue weighted by atomic mass is 10.1. The lowest BCUT2D eigenvalue weighted by molar-refractivity contribution is -0.191. The van der Waals surface area contributed by atoms with Gasteiger partial charge in [-0.15, -0.1) is 5.10 Å². The van der Waals surface area contributed by atoms with Crippen LogP contribution in [0.25, 0.3) is 16.9 Å². The van der Waals surface area contributed by atoms with Crippen molar-refractivity contribution in [2.75, 3.05) is 28.7 Å². The SMILES string of the molecule is Nc1cc(C(=O)O)cc(C(=O)O)c1.Nc1ccc(-n2cc(-c3ccccc3)nn2)cc1.Nc1ccc(C(=O)O)cc1.Nc1ccc(CC(=O)O)cc1.Nc1ccc(S(=O)(=O)O)cc1.O=C=O. The molecule has 7 aromatic rings. The zero-order chi connectivity index (χ0) is 49.4. The number of aromatic nitrogens is 3. The normalized spacial score (nSPS) is 9.71. The smallest absolute Gasteiger partial charge is 0.373 e. The van der Waals surface area contributed by atoms with Crippen molar-refractivity contribution in [2.24, 2.45) is 0 Å². The molecule has 66 heavy (non-hydrogen) atoms. The summed E-state index contributed by atoms with van der Waals surface area (Å²) in [5.74, 6) is -4.15. The first-order valence-electron chi connectivity index (χ1n) is 18.3. The summed E-state index contributed by atoms with van der Waals surface area (Å²) in [6.07, 6.45) is 2.21. The van der Waals surface area contributed by atoms with Crippen molar-refractivity contribution in [1.29, 1.82) is 0 Å². The van der Waals surface area contributed by atoms with E-state index >= 15 is 0 Å². The van der Waals surface area contributed by atoms with Crippen LogP contribution >= 0.6 is 0 Å². The average Bonchev–Trinajstić information content (AvgIpc) is 3.77. The number of rotatable bonds is 8. The number of hydrogen-bond acceptors (Lipinski definition) is 15. The van der Waals surface area contributed by atoms with E-state index in [0.29, 0.717) is 17.1 Å². The van der Waals surface area contributed by atoms with Gasteiger partial charge in [0.15, 0.2) is 0 Å². The molecule has 21 nitrogen and oxygen atoms in total. The number of carbonyl (C=O) groups is 4. The minimum Gasteiger partial charge on any atom is -0.481 e. The molecule has 342 valence electrons. The van der Waals surface area contributed by atoms with Crippen molar-refractivity contribution in [3.63, 3.8) is 0 Å². The molecular weight excluding hydrogens is 881 g/mol. The van der Waals surface area contributed by atoms with Crippen LogP contribution in [0, 0.1) is 0 Å². The average molecular weight is 923 g/mol.